The summed E-state index contributed by atoms with van der Waals surface area (Å²) in [5, 5.41) is 10.8. The number of hydrogen-bond acceptors (Lipinski definition) is 2. The largest absolute Gasteiger partial charge is 0.478 e. The quantitative estimate of drug-likeness (QED) is 0.369. The van der Waals surface area contributed by atoms with Crippen LogP contribution in [0.1, 0.15) is 13.8 Å². The molecule has 0 saturated carbocycles. The maximum atomic E-state index is 10.3. The number of rotatable bonds is 4. The molecule has 0 aromatic rings. The van der Waals surface area contributed by atoms with Crippen molar-refractivity contribution in [2.45, 2.75) is 13.8 Å². The molecule has 0 atom stereocenters. The van der Waals surface area contributed by atoms with Crippen LogP contribution in [-0.4, -0.2) is 17.5 Å². The zero-order chi connectivity index (χ0) is 9.56. The van der Waals surface area contributed by atoms with Crippen LogP contribution in [0.4, 0.5) is 0 Å². The molecule has 0 aliphatic heterocycles. The molecular weight excluding hydrogens is 158 g/mol. The van der Waals surface area contributed by atoms with Crippen LogP contribution in [-0.2, 0) is 9.59 Å². The molecule has 0 unspecified atom stereocenters. The Balaban J connectivity index is 4.26. The van der Waals surface area contributed by atoms with Crippen molar-refractivity contribution < 1.29 is 14.7 Å². The van der Waals surface area contributed by atoms with Gasteiger partial charge in [-0.2, -0.15) is 0 Å². The van der Waals surface area contributed by atoms with Crippen LogP contribution < -0.4 is 5.32 Å². The number of carbonyl (C=O) groups excluding carboxylic acids is 1. The minimum absolute atomic E-state index is 0.224. The van der Waals surface area contributed by atoms with Gasteiger partial charge < -0.3 is 10.4 Å². The first-order valence-electron chi connectivity index (χ1n) is 3.36. The highest BCUT2D eigenvalue weighted by Crippen LogP contribution is 1.94. The smallest absolute Gasteiger partial charge is 0.331 e. The van der Waals surface area contributed by atoms with Crippen LogP contribution in [0.3, 0.4) is 0 Å². The summed E-state index contributed by atoms with van der Waals surface area (Å²) in [6.45, 7) is 3.15. The molecule has 0 aliphatic carbocycles. The minimum Gasteiger partial charge on any atom is -0.478 e. The lowest BCUT2D eigenvalue weighted by molar-refractivity contribution is -0.132. The molecule has 4 nitrogen and oxygen atoms in total. The molecule has 66 valence electrons. The number of carbonyl (C=O) groups is 2. The van der Waals surface area contributed by atoms with Gasteiger partial charge in [-0.05, 0) is 19.9 Å². The molecule has 4 heteroatoms. The summed E-state index contributed by atoms with van der Waals surface area (Å²) in [6, 6.07) is 0. The normalized spacial score (nSPS) is 12.5. The van der Waals surface area contributed by atoms with Crippen molar-refractivity contribution in [1.82, 2.24) is 5.32 Å². The number of allylic oxidation sites excluding steroid dienone is 3. The van der Waals surface area contributed by atoms with Gasteiger partial charge >= 0.3 is 5.97 Å². The molecule has 0 bridgehead atoms. The average Bonchev–Trinajstić information content (AvgIpc) is 2.00. The van der Waals surface area contributed by atoms with Crippen LogP contribution in [0, 0.1) is 0 Å². The monoisotopic (exact) mass is 169 g/mol. The van der Waals surface area contributed by atoms with Crippen molar-refractivity contribution in [2.75, 3.05) is 0 Å². The average molecular weight is 169 g/mol. The summed E-state index contributed by atoms with van der Waals surface area (Å²) >= 11 is 0. The van der Waals surface area contributed by atoms with E-state index in [-0.39, 0.29) is 5.57 Å². The standard InChI is InChI=1S/C8H11NO3/c1-6(8(11)12)3-4-7(2)9-5-10/h3-5H,1-2H3,(H,9,10)(H,11,12). The highest BCUT2D eigenvalue weighted by Gasteiger charge is 1.96. The van der Waals surface area contributed by atoms with Gasteiger partial charge in [-0.1, -0.05) is 6.08 Å². The predicted molar refractivity (Wildman–Crippen MR) is 44.3 cm³/mol. The lowest BCUT2D eigenvalue weighted by Gasteiger charge is -1.94. The van der Waals surface area contributed by atoms with Gasteiger partial charge in [0.05, 0.1) is 0 Å². The molecule has 12 heavy (non-hydrogen) atoms. The third-order valence-corrected chi connectivity index (χ3v) is 1.21. The fraction of sp³-hybridized carbons (Fsp3) is 0.250. The van der Waals surface area contributed by atoms with E-state index in [4.69, 9.17) is 5.11 Å². The summed E-state index contributed by atoms with van der Waals surface area (Å²) in [5.41, 5.74) is 0.827. The van der Waals surface area contributed by atoms with Crippen molar-refractivity contribution in [3.05, 3.63) is 23.4 Å². The second kappa shape index (κ2) is 5.12. The fourth-order valence-electron chi connectivity index (χ4n) is 0.462. The SMILES string of the molecule is CC(=CC=C(C)C(=O)O)NC=O. The molecule has 0 fully saturated rings. The molecule has 1 amide bonds. The van der Waals surface area contributed by atoms with E-state index in [0.29, 0.717) is 12.1 Å². The number of amides is 1. The Morgan fingerprint density at radius 1 is 1.33 bits per heavy atom. The fourth-order valence-corrected chi connectivity index (χ4v) is 0.462. The number of carboxylic acids is 1. The number of hydrogen-bond donors (Lipinski definition) is 2. The lowest BCUT2D eigenvalue weighted by atomic mass is 10.2. The van der Waals surface area contributed by atoms with Crippen LogP contribution in [0.2, 0.25) is 0 Å². The number of carboxylic acid groups (broad SMARTS) is 1. The Labute approximate surface area is 70.6 Å². The number of aliphatic carboxylic acids is 1. The van der Waals surface area contributed by atoms with E-state index >= 15 is 0 Å². The molecule has 0 rings (SSSR count). The lowest BCUT2D eigenvalue weighted by Crippen LogP contribution is -2.06. The van der Waals surface area contributed by atoms with Crippen molar-refractivity contribution >= 4 is 12.4 Å². The first kappa shape index (κ1) is 10.4. The first-order chi connectivity index (χ1) is 5.57. The summed E-state index contributed by atoms with van der Waals surface area (Å²) in [4.78, 5) is 20.2. The molecule has 0 aromatic carbocycles. The van der Waals surface area contributed by atoms with Gasteiger partial charge in [0.2, 0.25) is 6.41 Å². The van der Waals surface area contributed by atoms with Gasteiger partial charge in [0.15, 0.2) is 0 Å². The van der Waals surface area contributed by atoms with E-state index in [9.17, 15) is 9.59 Å². The van der Waals surface area contributed by atoms with E-state index in [2.05, 4.69) is 5.32 Å². The van der Waals surface area contributed by atoms with Crippen LogP contribution in [0.5, 0.6) is 0 Å². The third kappa shape index (κ3) is 4.27. The van der Waals surface area contributed by atoms with E-state index in [1.165, 1.54) is 19.1 Å². The summed E-state index contributed by atoms with van der Waals surface area (Å²) in [6.07, 6.45) is 3.49. The maximum Gasteiger partial charge on any atom is 0.331 e. The highest BCUT2D eigenvalue weighted by molar-refractivity contribution is 5.86. The van der Waals surface area contributed by atoms with Crippen LogP contribution in [0.15, 0.2) is 23.4 Å². The summed E-state index contributed by atoms with van der Waals surface area (Å²) in [7, 11) is 0. The zero-order valence-electron chi connectivity index (χ0n) is 7.00. The van der Waals surface area contributed by atoms with Crippen LogP contribution >= 0.6 is 0 Å². The molecule has 0 saturated heterocycles. The van der Waals surface area contributed by atoms with E-state index in [1.54, 1.807) is 6.92 Å². The molecule has 0 aromatic heterocycles. The Bertz CT molecular complexity index is 241. The van der Waals surface area contributed by atoms with Gasteiger partial charge in [-0.15, -0.1) is 0 Å². The minimum atomic E-state index is -0.967. The molecule has 2 N–H and O–H groups in total. The first-order valence-corrected chi connectivity index (χ1v) is 3.36. The zero-order valence-corrected chi connectivity index (χ0v) is 7.00. The van der Waals surface area contributed by atoms with Gasteiger partial charge in [0.1, 0.15) is 0 Å². The Morgan fingerprint density at radius 3 is 2.33 bits per heavy atom. The second-order valence-corrected chi connectivity index (χ2v) is 2.27. The predicted octanol–water partition coefficient (Wildman–Crippen LogP) is 0.667. The van der Waals surface area contributed by atoms with Crippen molar-refractivity contribution in [1.29, 1.82) is 0 Å². The number of nitrogens with one attached hydrogen (secondary N) is 1. The van der Waals surface area contributed by atoms with Gasteiger partial charge in [-0.3, -0.25) is 4.79 Å². The molecule has 0 spiro atoms. The molecule has 0 radical (unpaired) electrons. The van der Waals surface area contributed by atoms with E-state index in [1.807, 2.05) is 0 Å². The van der Waals surface area contributed by atoms with E-state index < -0.39 is 5.97 Å². The van der Waals surface area contributed by atoms with Gasteiger partial charge in [-0.25, -0.2) is 4.79 Å². The molecular formula is C8H11NO3. The molecule has 0 heterocycles. The Morgan fingerprint density at radius 2 is 1.92 bits per heavy atom. The Kier molecular flexibility index (Phi) is 4.45. The van der Waals surface area contributed by atoms with E-state index in [0.717, 1.165) is 0 Å². The second-order valence-electron chi connectivity index (χ2n) is 2.27. The molecule has 0 aliphatic rings. The van der Waals surface area contributed by atoms with Crippen molar-refractivity contribution in [3.63, 3.8) is 0 Å². The summed E-state index contributed by atoms with van der Waals surface area (Å²) in [5.74, 6) is -0.967. The summed E-state index contributed by atoms with van der Waals surface area (Å²) < 4.78 is 0. The highest BCUT2D eigenvalue weighted by atomic mass is 16.4. The van der Waals surface area contributed by atoms with Crippen molar-refractivity contribution in [2.24, 2.45) is 0 Å². The van der Waals surface area contributed by atoms with Crippen LogP contribution in [0.25, 0.3) is 0 Å². The topological polar surface area (TPSA) is 66.4 Å². The Hall–Kier alpha value is -1.58. The third-order valence-electron chi connectivity index (χ3n) is 1.21. The maximum absolute atomic E-state index is 10.3. The van der Waals surface area contributed by atoms with Gasteiger partial charge in [0, 0.05) is 11.3 Å². The van der Waals surface area contributed by atoms with Crippen molar-refractivity contribution in [3.8, 4) is 0 Å². The van der Waals surface area contributed by atoms with Gasteiger partial charge in [0.25, 0.3) is 0 Å².